The van der Waals surface area contributed by atoms with Crippen molar-refractivity contribution in [3.8, 4) is 0 Å². The van der Waals surface area contributed by atoms with Crippen LogP contribution in [0.1, 0.15) is 12.0 Å². The Hall–Kier alpha value is -0.610. The third-order valence-corrected chi connectivity index (χ3v) is 4.00. The zero-order valence-electron chi connectivity index (χ0n) is 9.07. The minimum absolute atomic E-state index is 0.172. The molecule has 0 aliphatic heterocycles. The highest BCUT2D eigenvalue weighted by Gasteiger charge is 2.25. The molecule has 1 nitrogen and oxygen atoms in total. The van der Waals surface area contributed by atoms with Gasteiger partial charge in [0.25, 0.3) is 0 Å². The van der Waals surface area contributed by atoms with Gasteiger partial charge in [-0.05, 0) is 47.1 Å². The van der Waals surface area contributed by atoms with Crippen molar-refractivity contribution in [3.63, 3.8) is 0 Å². The topological polar surface area (TPSA) is 20.2 Å². The van der Waals surface area contributed by atoms with Crippen molar-refractivity contribution in [2.45, 2.75) is 12.8 Å². The monoisotopic (exact) mass is 326 g/mol. The van der Waals surface area contributed by atoms with Gasteiger partial charge in [0.1, 0.15) is 0 Å². The van der Waals surface area contributed by atoms with Gasteiger partial charge in [0.15, 0.2) is 0 Å². The van der Waals surface area contributed by atoms with E-state index in [-0.39, 0.29) is 12.0 Å². The van der Waals surface area contributed by atoms with E-state index in [1.807, 2.05) is 6.07 Å². The van der Waals surface area contributed by atoms with Crippen LogP contribution in [0.2, 0.25) is 0 Å². The van der Waals surface area contributed by atoms with E-state index in [1.165, 1.54) is 9.13 Å². The van der Waals surface area contributed by atoms with Gasteiger partial charge in [0.05, 0.1) is 6.61 Å². The van der Waals surface area contributed by atoms with E-state index in [0.717, 1.165) is 12.8 Å². The van der Waals surface area contributed by atoms with Gasteiger partial charge in [0.2, 0.25) is 0 Å². The molecule has 1 aromatic rings. The van der Waals surface area contributed by atoms with E-state index < -0.39 is 0 Å². The van der Waals surface area contributed by atoms with Crippen LogP contribution in [-0.2, 0) is 6.42 Å². The quantitative estimate of drug-likeness (QED) is 0.667. The molecule has 0 saturated carbocycles. The first-order valence-corrected chi connectivity index (χ1v) is 6.53. The van der Waals surface area contributed by atoms with Crippen LogP contribution in [0.3, 0.4) is 0 Å². The summed E-state index contributed by atoms with van der Waals surface area (Å²) in [5, 5.41) is 9.59. The van der Waals surface area contributed by atoms with Crippen LogP contribution in [0, 0.1) is 8.99 Å². The molecule has 0 heterocycles. The Morgan fingerprint density at radius 3 is 2.50 bits per heavy atom. The Bertz CT molecular complexity index is 408. The predicted molar refractivity (Wildman–Crippen MR) is 75.3 cm³/mol. The predicted octanol–water partition coefficient (Wildman–Crippen LogP) is 3.33. The molecule has 0 bridgehead atoms. The molecule has 0 fully saturated rings. The van der Waals surface area contributed by atoms with Crippen molar-refractivity contribution in [2.75, 3.05) is 6.61 Å². The van der Waals surface area contributed by atoms with Crippen LogP contribution in [0.15, 0.2) is 48.6 Å². The first-order valence-electron chi connectivity index (χ1n) is 5.45. The van der Waals surface area contributed by atoms with Crippen molar-refractivity contribution < 1.29 is 5.11 Å². The minimum Gasteiger partial charge on any atom is -0.395 e. The average Bonchev–Trinajstić information content (AvgIpc) is 2.33. The summed E-state index contributed by atoms with van der Waals surface area (Å²) in [4.78, 5) is 0. The van der Waals surface area contributed by atoms with Gasteiger partial charge in [-0.15, -0.1) is 0 Å². The van der Waals surface area contributed by atoms with Crippen LogP contribution < -0.4 is 0 Å². The lowest BCUT2D eigenvalue weighted by atomic mass is 9.79. The average molecular weight is 326 g/mol. The van der Waals surface area contributed by atoms with Gasteiger partial charge < -0.3 is 5.11 Å². The molecule has 1 aliphatic rings. The Morgan fingerprint density at radius 2 is 1.88 bits per heavy atom. The second-order valence-electron chi connectivity index (χ2n) is 4.20. The van der Waals surface area contributed by atoms with E-state index in [1.54, 1.807) is 0 Å². The fourth-order valence-corrected chi connectivity index (χ4v) is 2.59. The van der Waals surface area contributed by atoms with Gasteiger partial charge in [0, 0.05) is 8.99 Å². The molecule has 0 saturated heterocycles. The number of hydrogen-bond acceptors (Lipinski definition) is 1. The van der Waals surface area contributed by atoms with Crippen LogP contribution in [-0.4, -0.2) is 11.7 Å². The first kappa shape index (κ1) is 11.9. The van der Waals surface area contributed by atoms with E-state index in [9.17, 15) is 5.11 Å². The normalized spacial score (nSPS) is 17.6. The zero-order valence-corrected chi connectivity index (χ0v) is 11.2. The fourth-order valence-electron chi connectivity index (χ4n) is 2.02. The second kappa shape index (κ2) is 5.15. The maximum Gasteiger partial charge on any atom is 0.0560 e. The number of rotatable bonds is 3. The highest BCUT2D eigenvalue weighted by atomic mass is 127. The van der Waals surface area contributed by atoms with Crippen molar-refractivity contribution in [1.82, 2.24) is 0 Å². The standard InChI is InChI=1S/C14H15IO/c15-13-7-3-2-6-12(13)10-14(11-16)8-4-1-5-9-14/h2-9,16H,1,10-11H2. The highest BCUT2D eigenvalue weighted by Crippen LogP contribution is 2.30. The van der Waals surface area contributed by atoms with E-state index >= 15 is 0 Å². The van der Waals surface area contributed by atoms with Gasteiger partial charge in [-0.2, -0.15) is 0 Å². The van der Waals surface area contributed by atoms with Gasteiger partial charge in [-0.25, -0.2) is 0 Å². The number of halogens is 1. The molecule has 84 valence electrons. The van der Waals surface area contributed by atoms with Crippen molar-refractivity contribution in [1.29, 1.82) is 0 Å². The van der Waals surface area contributed by atoms with Crippen molar-refractivity contribution in [2.24, 2.45) is 5.41 Å². The maximum absolute atomic E-state index is 9.59. The van der Waals surface area contributed by atoms with E-state index in [4.69, 9.17) is 0 Å². The van der Waals surface area contributed by atoms with E-state index in [2.05, 4.69) is 65.1 Å². The lowest BCUT2D eigenvalue weighted by Gasteiger charge is -2.27. The van der Waals surface area contributed by atoms with E-state index in [0.29, 0.717) is 0 Å². The smallest absolute Gasteiger partial charge is 0.0560 e. The number of allylic oxidation sites excluding steroid dienone is 2. The second-order valence-corrected chi connectivity index (χ2v) is 5.36. The molecule has 0 amide bonds. The lowest BCUT2D eigenvalue weighted by Crippen LogP contribution is -2.24. The Morgan fingerprint density at radius 1 is 1.19 bits per heavy atom. The Kier molecular flexibility index (Phi) is 3.82. The van der Waals surface area contributed by atoms with Gasteiger partial charge >= 0.3 is 0 Å². The van der Waals surface area contributed by atoms with Crippen LogP contribution >= 0.6 is 22.6 Å². The summed E-state index contributed by atoms with van der Waals surface area (Å²) in [6, 6.07) is 8.34. The molecular formula is C14H15IO. The highest BCUT2D eigenvalue weighted by molar-refractivity contribution is 14.1. The Balaban J connectivity index is 2.25. The Labute approximate surface area is 110 Å². The summed E-state index contributed by atoms with van der Waals surface area (Å²) in [5.74, 6) is 0. The van der Waals surface area contributed by atoms with Crippen LogP contribution in [0.25, 0.3) is 0 Å². The molecule has 1 aliphatic carbocycles. The molecule has 0 radical (unpaired) electrons. The molecule has 16 heavy (non-hydrogen) atoms. The maximum atomic E-state index is 9.59. The molecular weight excluding hydrogens is 311 g/mol. The lowest BCUT2D eigenvalue weighted by molar-refractivity contribution is 0.204. The molecule has 0 aromatic heterocycles. The van der Waals surface area contributed by atoms with Crippen molar-refractivity contribution >= 4 is 22.6 Å². The summed E-state index contributed by atoms with van der Waals surface area (Å²) in [6.45, 7) is 0.172. The number of aliphatic hydroxyl groups is 1. The molecule has 0 atom stereocenters. The summed E-state index contributed by atoms with van der Waals surface area (Å²) in [7, 11) is 0. The SMILES string of the molecule is OCC1(Cc2ccccc2I)C=CCC=C1. The van der Waals surface area contributed by atoms with Crippen molar-refractivity contribution in [3.05, 3.63) is 57.7 Å². The third kappa shape index (κ3) is 2.55. The third-order valence-electron chi connectivity index (χ3n) is 2.94. The van der Waals surface area contributed by atoms with Crippen LogP contribution in [0.4, 0.5) is 0 Å². The largest absolute Gasteiger partial charge is 0.395 e. The summed E-state index contributed by atoms with van der Waals surface area (Å²) in [6.07, 6.45) is 10.4. The molecule has 0 unspecified atom stereocenters. The summed E-state index contributed by atoms with van der Waals surface area (Å²) >= 11 is 2.35. The fraction of sp³-hybridized carbons (Fsp3) is 0.286. The molecule has 2 heteroatoms. The molecule has 0 spiro atoms. The van der Waals surface area contributed by atoms with Gasteiger partial charge in [-0.1, -0.05) is 42.5 Å². The minimum atomic E-state index is -0.195. The van der Waals surface area contributed by atoms with Gasteiger partial charge in [-0.3, -0.25) is 0 Å². The summed E-state index contributed by atoms with van der Waals surface area (Å²) < 4.78 is 1.26. The molecule has 1 aromatic carbocycles. The summed E-state index contributed by atoms with van der Waals surface area (Å²) in [5.41, 5.74) is 1.10. The number of hydrogen-bond donors (Lipinski definition) is 1. The zero-order chi connectivity index (χ0) is 11.4. The molecule has 1 N–H and O–H groups in total. The molecule has 2 rings (SSSR count). The van der Waals surface area contributed by atoms with Crippen LogP contribution in [0.5, 0.6) is 0 Å². The number of benzene rings is 1. The number of aliphatic hydroxyl groups excluding tert-OH is 1. The first-order chi connectivity index (χ1) is 7.76.